The van der Waals surface area contributed by atoms with Crippen LogP contribution in [0.4, 0.5) is 8.78 Å². The lowest BCUT2D eigenvalue weighted by molar-refractivity contribution is 0.406. The minimum atomic E-state index is -1.31. The second-order valence-corrected chi connectivity index (χ2v) is 4.96. The number of para-hydroxylation sites is 1. The van der Waals surface area contributed by atoms with Crippen LogP contribution in [0.2, 0.25) is 0 Å². The van der Waals surface area contributed by atoms with Crippen molar-refractivity contribution in [2.24, 2.45) is 0 Å². The van der Waals surface area contributed by atoms with Gasteiger partial charge in [0.25, 0.3) is 0 Å². The van der Waals surface area contributed by atoms with E-state index in [-0.39, 0.29) is 5.69 Å². The number of phenols is 1. The summed E-state index contributed by atoms with van der Waals surface area (Å²) in [5, 5.41) is 19.4. The van der Waals surface area contributed by atoms with Crippen LogP contribution in [0.25, 0.3) is 22.7 Å². The quantitative estimate of drug-likeness (QED) is 0.756. The maximum absolute atomic E-state index is 14.3. The molecule has 114 valence electrons. The van der Waals surface area contributed by atoms with Gasteiger partial charge in [0.2, 0.25) is 5.82 Å². The molecule has 1 N–H and O–H groups in total. The van der Waals surface area contributed by atoms with Crippen LogP contribution in [0, 0.1) is 23.0 Å². The summed E-state index contributed by atoms with van der Waals surface area (Å²) >= 11 is 0. The Morgan fingerprint density at radius 1 is 1.13 bits per heavy atom. The first kappa shape index (κ1) is 14.8. The molecule has 23 heavy (non-hydrogen) atoms. The van der Waals surface area contributed by atoms with Crippen LogP contribution in [0.3, 0.4) is 0 Å². The van der Waals surface area contributed by atoms with Crippen molar-refractivity contribution in [3.05, 3.63) is 65.4 Å². The van der Waals surface area contributed by atoms with E-state index < -0.39 is 17.4 Å². The number of phenolic OH excluding ortho intramolecular Hbond substituents is 1. The van der Waals surface area contributed by atoms with Crippen molar-refractivity contribution in [3.63, 3.8) is 0 Å². The molecule has 0 amide bonds. The molecule has 0 aliphatic rings. The maximum Gasteiger partial charge on any atom is 0.202 e. The molecule has 2 aromatic carbocycles. The van der Waals surface area contributed by atoms with Crippen LogP contribution < -0.4 is 0 Å². The van der Waals surface area contributed by atoms with Crippen molar-refractivity contribution in [1.29, 1.82) is 5.26 Å². The Bertz CT molecular complexity index is 981. The van der Waals surface area contributed by atoms with Crippen LogP contribution in [0.15, 0.2) is 42.5 Å². The van der Waals surface area contributed by atoms with Gasteiger partial charge in [0.05, 0.1) is 22.5 Å². The number of hydrogen-bond donors (Lipinski definition) is 1. The second kappa shape index (κ2) is 5.58. The number of hydrogen-bond acceptors (Lipinski definition) is 2. The SMILES string of the molecule is CC=Cc1c(C#N)c2ccccc2n1-c1ccc(O)c(F)c1F. The summed E-state index contributed by atoms with van der Waals surface area (Å²) in [4.78, 5) is 0. The summed E-state index contributed by atoms with van der Waals surface area (Å²) in [6.45, 7) is 1.77. The van der Waals surface area contributed by atoms with Crippen molar-refractivity contribution < 1.29 is 13.9 Å². The number of nitriles is 1. The van der Waals surface area contributed by atoms with E-state index in [4.69, 9.17) is 0 Å². The largest absolute Gasteiger partial charge is 0.505 e. The molecule has 0 unspecified atom stereocenters. The molecule has 0 spiro atoms. The van der Waals surface area contributed by atoms with E-state index >= 15 is 0 Å². The highest BCUT2D eigenvalue weighted by atomic mass is 19.2. The van der Waals surface area contributed by atoms with Gasteiger partial charge in [-0.2, -0.15) is 9.65 Å². The Kier molecular flexibility index (Phi) is 3.59. The minimum absolute atomic E-state index is 0.0638. The van der Waals surface area contributed by atoms with Gasteiger partial charge in [0.1, 0.15) is 6.07 Å². The Hall–Kier alpha value is -3.13. The molecule has 0 saturated carbocycles. The lowest BCUT2D eigenvalue weighted by Crippen LogP contribution is -2.02. The molecular formula is C18H12F2N2O. The van der Waals surface area contributed by atoms with Gasteiger partial charge in [-0.1, -0.05) is 24.3 Å². The lowest BCUT2D eigenvalue weighted by Gasteiger charge is -2.11. The zero-order chi connectivity index (χ0) is 16.6. The molecule has 0 aliphatic heterocycles. The topological polar surface area (TPSA) is 49.0 Å². The van der Waals surface area contributed by atoms with E-state index in [1.54, 1.807) is 43.3 Å². The standard InChI is InChI=1S/C18H12F2N2O/c1-2-5-13-12(10-21)11-6-3-4-7-14(11)22(13)15-8-9-16(23)18(20)17(15)19/h2-9,23H,1H3. The Labute approximate surface area is 131 Å². The van der Waals surface area contributed by atoms with Gasteiger partial charge < -0.3 is 9.67 Å². The highest BCUT2D eigenvalue weighted by Gasteiger charge is 2.21. The number of rotatable bonds is 2. The molecule has 1 heterocycles. The van der Waals surface area contributed by atoms with E-state index in [1.807, 2.05) is 0 Å². The van der Waals surface area contributed by atoms with Gasteiger partial charge in [-0.25, -0.2) is 4.39 Å². The third kappa shape index (κ3) is 2.16. The van der Waals surface area contributed by atoms with Gasteiger partial charge in [0.15, 0.2) is 11.6 Å². The van der Waals surface area contributed by atoms with Gasteiger partial charge in [-0.05, 0) is 31.2 Å². The summed E-state index contributed by atoms with van der Waals surface area (Å²) in [7, 11) is 0. The van der Waals surface area contributed by atoms with E-state index in [0.717, 1.165) is 6.07 Å². The molecule has 0 atom stereocenters. The fraction of sp³-hybridized carbons (Fsp3) is 0.0556. The number of fused-ring (bicyclic) bond motifs is 1. The van der Waals surface area contributed by atoms with Gasteiger partial charge in [-0.15, -0.1) is 0 Å². The molecule has 0 saturated heterocycles. The van der Waals surface area contributed by atoms with Crippen LogP contribution in [0.5, 0.6) is 5.75 Å². The van der Waals surface area contributed by atoms with Crippen LogP contribution >= 0.6 is 0 Å². The number of benzene rings is 2. The fourth-order valence-electron chi connectivity index (χ4n) is 2.65. The first-order chi connectivity index (χ1) is 11.1. The summed E-state index contributed by atoms with van der Waals surface area (Å²) < 4.78 is 29.6. The van der Waals surface area contributed by atoms with E-state index in [2.05, 4.69) is 6.07 Å². The first-order valence-electron chi connectivity index (χ1n) is 6.93. The van der Waals surface area contributed by atoms with E-state index in [0.29, 0.717) is 22.2 Å². The van der Waals surface area contributed by atoms with Gasteiger partial charge in [-0.3, -0.25) is 0 Å². The molecule has 0 fully saturated rings. The zero-order valence-corrected chi connectivity index (χ0v) is 12.2. The number of aromatic nitrogens is 1. The van der Waals surface area contributed by atoms with Gasteiger partial charge >= 0.3 is 0 Å². The smallest absolute Gasteiger partial charge is 0.202 e. The van der Waals surface area contributed by atoms with Crippen molar-refractivity contribution in [2.45, 2.75) is 6.92 Å². The molecule has 0 radical (unpaired) electrons. The fourth-order valence-corrected chi connectivity index (χ4v) is 2.65. The highest BCUT2D eigenvalue weighted by Crippen LogP contribution is 2.33. The number of nitrogens with zero attached hydrogens (tertiary/aromatic N) is 2. The Morgan fingerprint density at radius 3 is 2.57 bits per heavy atom. The molecular weight excluding hydrogens is 298 g/mol. The second-order valence-electron chi connectivity index (χ2n) is 4.96. The van der Waals surface area contributed by atoms with Crippen LogP contribution in [-0.2, 0) is 0 Å². The van der Waals surface area contributed by atoms with E-state index in [9.17, 15) is 19.1 Å². The lowest BCUT2D eigenvalue weighted by atomic mass is 10.1. The predicted octanol–water partition coefficient (Wildman–Crippen LogP) is 4.52. The van der Waals surface area contributed by atoms with Crippen molar-refractivity contribution in [2.75, 3.05) is 0 Å². The van der Waals surface area contributed by atoms with Crippen molar-refractivity contribution in [3.8, 4) is 17.5 Å². The average Bonchev–Trinajstić information content (AvgIpc) is 2.87. The maximum atomic E-state index is 14.3. The number of aromatic hydroxyl groups is 1. The normalized spacial score (nSPS) is 11.2. The van der Waals surface area contributed by atoms with Crippen LogP contribution in [0.1, 0.15) is 18.2 Å². The molecule has 1 aromatic heterocycles. The van der Waals surface area contributed by atoms with Crippen molar-refractivity contribution >= 4 is 17.0 Å². The molecule has 0 aliphatic carbocycles. The molecule has 3 rings (SSSR count). The van der Waals surface area contributed by atoms with E-state index in [1.165, 1.54) is 10.6 Å². The predicted molar refractivity (Wildman–Crippen MR) is 84.3 cm³/mol. The minimum Gasteiger partial charge on any atom is -0.505 e. The molecule has 3 nitrogen and oxygen atoms in total. The third-order valence-electron chi connectivity index (χ3n) is 3.63. The highest BCUT2D eigenvalue weighted by molar-refractivity contribution is 5.92. The summed E-state index contributed by atoms with van der Waals surface area (Å²) in [6, 6.07) is 11.5. The summed E-state index contributed by atoms with van der Waals surface area (Å²) in [5.41, 5.74) is 1.36. The Morgan fingerprint density at radius 2 is 1.87 bits per heavy atom. The van der Waals surface area contributed by atoms with Gasteiger partial charge in [0, 0.05) is 5.39 Å². The third-order valence-corrected chi connectivity index (χ3v) is 3.63. The zero-order valence-electron chi connectivity index (χ0n) is 12.2. The summed E-state index contributed by atoms with van der Waals surface area (Å²) in [6.07, 6.45) is 3.39. The average molecular weight is 310 g/mol. The molecule has 0 bridgehead atoms. The molecule has 5 heteroatoms. The summed E-state index contributed by atoms with van der Waals surface area (Å²) in [5.74, 6) is -3.23. The van der Waals surface area contributed by atoms with Crippen LogP contribution in [-0.4, -0.2) is 9.67 Å². The van der Waals surface area contributed by atoms with Crippen molar-refractivity contribution in [1.82, 2.24) is 4.57 Å². The Balaban J connectivity index is 2.49. The number of allylic oxidation sites excluding steroid dienone is 1. The first-order valence-corrected chi connectivity index (χ1v) is 6.93. The molecule has 3 aromatic rings. The number of halogens is 2. The monoisotopic (exact) mass is 310 g/mol.